The molecule has 1 amide bonds. The Kier molecular flexibility index (Phi) is 2.99. The number of nitrogens with zero attached hydrogens (tertiary/aromatic N) is 1. The number of carboxylic acids is 1. The number of hydrogen-bond donors (Lipinski definition) is 1. The second-order valence-electron chi connectivity index (χ2n) is 6.16. The average molecular weight is 303 g/mol. The number of likely N-dealkylation sites (tertiary alicyclic amines) is 1. The number of hydrogen-bond acceptors (Lipinski definition) is 4. The molecule has 0 spiro atoms. The van der Waals surface area contributed by atoms with Crippen molar-refractivity contribution in [1.29, 1.82) is 0 Å². The van der Waals surface area contributed by atoms with E-state index in [-0.39, 0.29) is 18.6 Å². The highest BCUT2D eigenvalue weighted by Crippen LogP contribution is 2.43. The van der Waals surface area contributed by atoms with Gasteiger partial charge < -0.3 is 19.5 Å². The maximum absolute atomic E-state index is 12.8. The molecule has 0 radical (unpaired) electrons. The van der Waals surface area contributed by atoms with E-state index in [1.807, 2.05) is 0 Å². The van der Waals surface area contributed by atoms with Crippen LogP contribution in [0.4, 0.5) is 0 Å². The van der Waals surface area contributed by atoms with Crippen LogP contribution >= 0.6 is 0 Å². The normalized spacial score (nSPS) is 28.7. The molecule has 1 saturated carbocycles. The van der Waals surface area contributed by atoms with Crippen LogP contribution in [-0.4, -0.2) is 41.3 Å². The second-order valence-corrected chi connectivity index (χ2v) is 6.16. The van der Waals surface area contributed by atoms with Crippen LogP contribution in [-0.2, 0) is 4.79 Å². The lowest BCUT2D eigenvalue weighted by molar-refractivity contribution is -0.142. The summed E-state index contributed by atoms with van der Waals surface area (Å²) in [6.07, 6.45) is 2.97. The van der Waals surface area contributed by atoms with Crippen LogP contribution in [0.1, 0.15) is 29.6 Å². The van der Waals surface area contributed by atoms with Gasteiger partial charge in [0, 0.05) is 12.1 Å². The molecule has 3 atom stereocenters. The molecular formula is C16H17NO5. The third-order valence-corrected chi connectivity index (χ3v) is 5.02. The molecule has 1 aromatic carbocycles. The summed E-state index contributed by atoms with van der Waals surface area (Å²) in [7, 11) is 0. The highest BCUT2D eigenvalue weighted by atomic mass is 16.7. The van der Waals surface area contributed by atoms with Gasteiger partial charge in [0.05, 0.1) is 0 Å². The molecule has 2 fully saturated rings. The van der Waals surface area contributed by atoms with Crippen molar-refractivity contribution in [3.8, 4) is 11.5 Å². The number of amides is 1. The van der Waals surface area contributed by atoms with E-state index in [0.29, 0.717) is 29.5 Å². The Morgan fingerprint density at radius 2 is 2.00 bits per heavy atom. The fraction of sp³-hybridized carbons (Fsp3) is 0.500. The molecule has 4 rings (SSSR count). The molecule has 0 bridgehead atoms. The summed E-state index contributed by atoms with van der Waals surface area (Å²) in [5, 5.41) is 9.54. The molecule has 22 heavy (non-hydrogen) atoms. The third-order valence-electron chi connectivity index (χ3n) is 5.02. The van der Waals surface area contributed by atoms with Gasteiger partial charge in [0.2, 0.25) is 6.79 Å². The van der Waals surface area contributed by atoms with Crippen LogP contribution in [0.2, 0.25) is 0 Å². The van der Waals surface area contributed by atoms with Crippen LogP contribution in [0, 0.1) is 11.8 Å². The molecule has 2 aliphatic heterocycles. The molecule has 6 heteroatoms. The van der Waals surface area contributed by atoms with Crippen molar-refractivity contribution in [2.75, 3.05) is 13.3 Å². The van der Waals surface area contributed by atoms with Crippen LogP contribution in [0.5, 0.6) is 11.5 Å². The Bertz CT molecular complexity index is 643. The van der Waals surface area contributed by atoms with E-state index in [4.69, 9.17) is 9.47 Å². The van der Waals surface area contributed by atoms with Crippen LogP contribution in [0.25, 0.3) is 0 Å². The fourth-order valence-corrected chi connectivity index (χ4v) is 4.03. The predicted octanol–water partition coefficient (Wildman–Crippen LogP) is 1.74. The van der Waals surface area contributed by atoms with Gasteiger partial charge in [0.25, 0.3) is 5.91 Å². The summed E-state index contributed by atoms with van der Waals surface area (Å²) in [5.41, 5.74) is 0.454. The largest absolute Gasteiger partial charge is 0.480 e. The zero-order chi connectivity index (χ0) is 15.3. The monoisotopic (exact) mass is 303 g/mol. The highest BCUT2D eigenvalue weighted by Gasteiger charge is 2.49. The first-order valence-electron chi connectivity index (χ1n) is 7.58. The third kappa shape index (κ3) is 1.94. The van der Waals surface area contributed by atoms with Crippen molar-refractivity contribution in [3.05, 3.63) is 23.8 Å². The van der Waals surface area contributed by atoms with Gasteiger partial charge in [-0.25, -0.2) is 4.79 Å². The molecule has 1 aromatic rings. The Morgan fingerprint density at radius 1 is 1.18 bits per heavy atom. The molecule has 116 valence electrons. The summed E-state index contributed by atoms with van der Waals surface area (Å²) >= 11 is 0. The second kappa shape index (κ2) is 4.90. The van der Waals surface area contributed by atoms with Crippen molar-refractivity contribution >= 4 is 11.9 Å². The number of ether oxygens (including phenoxy) is 2. The van der Waals surface area contributed by atoms with Crippen LogP contribution in [0.3, 0.4) is 0 Å². The molecule has 1 saturated heterocycles. The van der Waals surface area contributed by atoms with Gasteiger partial charge >= 0.3 is 5.97 Å². The molecule has 1 N–H and O–H groups in total. The number of carboxylic acid groups (broad SMARTS) is 1. The van der Waals surface area contributed by atoms with Gasteiger partial charge in [0.1, 0.15) is 6.04 Å². The number of benzene rings is 1. The maximum Gasteiger partial charge on any atom is 0.326 e. The van der Waals surface area contributed by atoms with E-state index >= 15 is 0 Å². The first kappa shape index (κ1) is 13.4. The van der Waals surface area contributed by atoms with E-state index in [1.165, 1.54) is 4.90 Å². The van der Waals surface area contributed by atoms with E-state index in [9.17, 15) is 14.7 Å². The smallest absolute Gasteiger partial charge is 0.326 e. The standard InChI is InChI=1S/C16H17NO5/c18-15(9-4-5-12-13(6-9)22-8-21-12)17-7-10-2-1-3-11(10)14(17)16(19)20/h4-6,10-11,14H,1-3,7-8H2,(H,19,20). The highest BCUT2D eigenvalue weighted by molar-refractivity contribution is 5.97. The number of fused-ring (bicyclic) bond motifs is 2. The van der Waals surface area contributed by atoms with Gasteiger partial charge in [-0.3, -0.25) is 4.79 Å². The number of carbonyl (C=O) groups excluding carboxylic acids is 1. The van der Waals surface area contributed by atoms with Gasteiger partial charge in [-0.05, 0) is 42.9 Å². The Morgan fingerprint density at radius 3 is 2.82 bits per heavy atom. The lowest BCUT2D eigenvalue weighted by atomic mass is 9.94. The molecule has 0 aromatic heterocycles. The number of carbonyl (C=O) groups is 2. The summed E-state index contributed by atoms with van der Waals surface area (Å²) in [4.78, 5) is 25.9. The molecule has 1 aliphatic carbocycles. The van der Waals surface area contributed by atoms with Crippen molar-refractivity contribution in [3.63, 3.8) is 0 Å². The van der Waals surface area contributed by atoms with Gasteiger partial charge in [-0.15, -0.1) is 0 Å². The van der Waals surface area contributed by atoms with E-state index in [0.717, 1.165) is 19.3 Å². The Hall–Kier alpha value is -2.24. The number of aliphatic carboxylic acids is 1. The van der Waals surface area contributed by atoms with E-state index < -0.39 is 12.0 Å². The Balaban J connectivity index is 1.63. The molecule has 3 unspecified atom stereocenters. The predicted molar refractivity (Wildman–Crippen MR) is 75.9 cm³/mol. The van der Waals surface area contributed by atoms with Crippen molar-refractivity contribution in [2.45, 2.75) is 25.3 Å². The summed E-state index contributed by atoms with van der Waals surface area (Å²) in [6, 6.07) is 4.30. The molecule has 6 nitrogen and oxygen atoms in total. The summed E-state index contributed by atoms with van der Waals surface area (Å²) in [6.45, 7) is 0.688. The van der Waals surface area contributed by atoms with Crippen LogP contribution in [0.15, 0.2) is 18.2 Å². The van der Waals surface area contributed by atoms with Gasteiger partial charge in [0.15, 0.2) is 11.5 Å². The lowest BCUT2D eigenvalue weighted by Gasteiger charge is -2.24. The van der Waals surface area contributed by atoms with Crippen molar-refractivity contribution < 1.29 is 24.2 Å². The minimum absolute atomic E-state index is 0.0930. The van der Waals surface area contributed by atoms with Crippen LogP contribution < -0.4 is 9.47 Å². The zero-order valence-corrected chi connectivity index (χ0v) is 12.0. The Labute approximate surface area is 127 Å². The molecule has 3 aliphatic rings. The maximum atomic E-state index is 12.8. The summed E-state index contributed by atoms with van der Waals surface area (Å²) in [5.74, 6) is 0.430. The fourth-order valence-electron chi connectivity index (χ4n) is 4.03. The first-order chi connectivity index (χ1) is 10.6. The topological polar surface area (TPSA) is 76.1 Å². The minimum Gasteiger partial charge on any atom is -0.480 e. The lowest BCUT2D eigenvalue weighted by Crippen LogP contribution is -2.43. The average Bonchev–Trinajstić information content (AvgIpc) is 3.19. The number of rotatable bonds is 2. The molecule has 2 heterocycles. The van der Waals surface area contributed by atoms with Gasteiger partial charge in [-0.2, -0.15) is 0 Å². The zero-order valence-electron chi connectivity index (χ0n) is 12.0. The minimum atomic E-state index is -0.900. The first-order valence-corrected chi connectivity index (χ1v) is 7.58. The van der Waals surface area contributed by atoms with Gasteiger partial charge in [-0.1, -0.05) is 6.42 Å². The SMILES string of the molecule is O=C(O)C1C2CCCC2CN1C(=O)c1ccc2c(c1)OCO2. The van der Waals surface area contributed by atoms with Crippen molar-refractivity contribution in [1.82, 2.24) is 4.90 Å². The van der Waals surface area contributed by atoms with Crippen molar-refractivity contribution in [2.24, 2.45) is 11.8 Å². The molecular weight excluding hydrogens is 286 g/mol. The summed E-state index contributed by atoms with van der Waals surface area (Å²) < 4.78 is 10.5. The van der Waals surface area contributed by atoms with E-state index in [2.05, 4.69) is 0 Å². The van der Waals surface area contributed by atoms with E-state index in [1.54, 1.807) is 18.2 Å². The quantitative estimate of drug-likeness (QED) is 0.900.